The van der Waals surface area contributed by atoms with Crippen molar-refractivity contribution >= 4 is 18.3 Å². The number of amides is 1. The minimum atomic E-state index is 0. The number of hydrogen-bond donors (Lipinski definition) is 1. The minimum Gasteiger partial charge on any atom is -0.339 e. The number of carbonyl (C=O) groups excluding carboxylic acids is 1. The Morgan fingerprint density at radius 1 is 1.38 bits per heavy atom. The highest BCUT2D eigenvalue weighted by Gasteiger charge is 2.58. The van der Waals surface area contributed by atoms with E-state index in [2.05, 4.69) is 17.2 Å². The van der Waals surface area contributed by atoms with Crippen LogP contribution in [0.1, 0.15) is 37.8 Å². The monoisotopic (exact) mass is 309 g/mol. The molecule has 1 N–H and O–H groups in total. The SMILES string of the molecule is CC(c1ccncc1)N(C)C(=O)C1CC12CCNCC2.Cl. The molecule has 1 aliphatic heterocycles. The molecule has 0 aromatic carbocycles. The molecule has 2 aliphatic rings. The Bertz CT molecular complexity index is 488. The molecule has 2 atom stereocenters. The molecule has 116 valence electrons. The van der Waals surface area contributed by atoms with Crippen LogP contribution in [-0.2, 0) is 4.79 Å². The first-order valence-corrected chi connectivity index (χ1v) is 7.51. The fourth-order valence-electron chi connectivity index (χ4n) is 3.48. The van der Waals surface area contributed by atoms with Gasteiger partial charge in [0.05, 0.1) is 6.04 Å². The van der Waals surface area contributed by atoms with E-state index in [4.69, 9.17) is 0 Å². The van der Waals surface area contributed by atoms with E-state index in [0.29, 0.717) is 11.3 Å². The fraction of sp³-hybridized carbons (Fsp3) is 0.625. The average Bonchev–Trinajstić information content (AvgIpc) is 3.19. The van der Waals surface area contributed by atoms with Gasteiger partial charge in [0, 0.05) is 25.4 Å². The third-order valence-electron chi connectivity index (χ3n) is 5.20. The van der Waals surface area contributed by atoms with Gasteiger partial charge in [0.15, 0.2) is 0 Å². The van der Waals surface area contributed by atoms with Crippen LogP contribution in [0.15, 0.2) is 24.5 Å². The van der Waals surface area contributed by atoms with Crippen LogP contribution in [0.3, 0.4) is 0 Å². The van der Waals surface area contributed by atoms with Gasteiger partial charge in [-0.25, -0.2) is 0 Å². The van der Waals surface area contributed by atoms with Gasteiger partial charge >= 0.3 is 0 Å². The first kappa shape index (κ1) is 16.2. The van der Waals surface area contributed by atoms with Gasteiger partial charge in [-0.1, -0.05) is 0 Å². The van der Waals surface area contributed by atoms with Gasteiger partial charge in [-0.15, -0.1) is 12.4 Å². The first-order chi connectivity index (χ1) is 9.64. The third kappa shape index (κ3) is 3.06. The molecule has 21 heavy (non-hydrogen) atoms. The zero-order chi connectivity index (χ0) is 14.2. The average molecular weight is 310 g/mol. The van der Waals surface area contributed by atoms with Crippen LogP contribution in [-0.4, -0.2) is 35.9 Å². The van der Waals surface area contributed by atoms with E-state index in [1.165, 1.54) is 0 Å². The van der Waals surface area contributed by atoms with Crippen LogP contribution in [0.2, 0.25) is 0 Å². The summed E-state index contributed by atoms with van der Waals surface area (Å²) < 4.78 is 0. The maximum Gasteiger partial charge on any atom is 0.226 e. The van der Waals surface area contributed by atoms with Gasteiger partial charge in [0.1, 0.15) is 0 Å². The van der Waals surface area contributed by atoms with E-state index in [9.17, 15) is 4.79 Å². The molecule has 2 unspecified atom stereocenters. The first-order valence-electron chi connectivity index (χ1n) is 7.51. The van der Waals surface area contributed by atoms with Crippen molar-refractivity contribution in [1.82, 2.24) is 15.2 Å². The molecule has 1 aromatic rings. The standard InChI is InChI=1S/C16H23N3O.ClH/c1-12(13-3-7-17-8-4-13)19(2)15(20)14-11-16(14)5-9-18-10-6-16;/h3-4,7-8,12,14,18H,5-6,9-11H2,1-2H3;1H. The van der Waals surface area contributed by atoms with Crippen LogP contribution in [0.4, 0.5) is 0 Å². The molecule has 5 heteroatoms. The molecular weight excluding hydrogens is 286 g/mol. The number of aromatic nitrogens is 1. The molecule has 1 saturated carbocycles. The Hall–Kier alpha value is -1.13. The van der Waals surface area contributed by atoms with E-state index in [1.807, 2.05) is 24.1 Å². The predicted octanol–water partition coefficient (Wildman–Crippen LogP) is 2.41. The molecule has 1 aromatic heterocycles. The molecule has 0 bridgehead atoms. The molecule has 0 radical (unpaired) electrons. The Labute approximate surface area is 132 Å². The molecular formula is C16H24ClN3O. The topological polar surface area (TPSA) is 45.2 Å². The summed E-state index contributed by atoms with van der Waals surface area (Å²) in [5.41, 5.74) is 1.46. The number of pyridine rings is 1. The largest absolute Gasteiger partial charge is 0.339 e. The van der Waals surface area contributed by atoms with Crippen LogP contribution in [0, 0.1) is 11.3 Å². The quantitative estimate of drug-likeness (QED) is 0.932. The number of halogens is 1. The van der Waals surface area contributed by atoms with Gasteiger partial charge < -0.3 is 10.2 Å². The van der Waals surface area contributed by atoms with Crippen molar-refractivity contribution in [3.05, 3.63) is 30.1 Å². The summed E-state index contributed by atoms with van der Waals surface area (Å²) in [5.74, 6) is 0.565. The van der Waals surface area contributed by atoms with Gasteiger partial charge in [-0.2, -0.15) is 0 Å². The maximum absolute atomic E-state index is 12.7. The summed E-state index contributed by atoms with van der Waals surface area (Å²) in [7, 11) is 1.93. The van der Waals surface area contributed by atoms with Crippen molar-refractivity contribution in [2.24, 2.45) is 11.3 Å². The van der Waals surface area contributed by atoms with Crippen molar-refractivity contribution in [2.45, 2.75) is 32.2 Å². The summed E-state index contributed by atoms with van der Waals surface area (Å²) in [6, 6.07) is 4.09. The second kappa shape index (κ2) is 6.32. The highest BCUT2D eigenvalue weighted by atomic mass is 35.5. The van der Waals surface area contributed by atoms with E-state index in [-0.39, 0.29) is 24.4 Å². The summed E-state index contributed by atoms with van der Waals surface area (Å²) in [4.78, 5) is 18.6. The van der Waals surface area contributed by atoms with E-state index in [0.717, 1.165) is 37.9 Å². The minimum absolute atomic E-state index is 0. The number of hydrogen-bond acceptors (Lipinski definition) is 3. The molecule has 1 amide bonds. The number of nitrogens with zero attached hydrogens (tertiary/aromatic N) is 2. The van der Waals surface area contributed by atoms with Crippen LogP contribution >= 0.6 is 12.4 Å². The summed E-state index contributed by atoms with van der Waals surface area (Å²) in [6.45, 7) is 4.21. The summed E-state index contributed by atoms with van der Waals surface area (Å²) >= 11 is 0. The highest BCUT2D eigenvalue weighted by molar-refractivity contribution is 5.85. The smallest absolute Gasteiger partial charge is 0.226 e. The second-order valence-corrected chi connectivity index (χ2v) is 6.27. The lowest BCUT2D eigenvalue weighted by molar-refractivity contribution is -0.134. The molecule has 4 nitrogen and oxygen atoms in total. The van der Waals surface area contributed by atoms with Crippen LogP contribution < -0.4 is 5.32 Å². The lowest BCUT2D eigenvalue weighted by atomic mass is 9.91. The molecule has 1 saturated heterocycles. The molecule has 1 aliphatic carbocycles. The zero-order valence-corrected chi connectivity index (χ0v) is 13.5. The number of carbonyl (C=O) groups is 1. The van der Waals surface area contributed by atoms with E-state index in [1.54, 1.807) is 12.4 Å². The lowest BCUT2D eigenvalue weighted by Gasteiger charge is -2.28. The van der Waals surface area contributed by atoms with Crippen molar-refractivity contribution in [1.29, 1.82) is 0 Å². The summed E-state index contributed by atoms with van der Waals surface area (Å²) in [6.07, 6.45) is 6.97. The zero-order valence-electron chi connectivity index (χ0n) is 12.7. The van der Waals surface area contributed by atoms with E-state index >= 15 is 0 Å². The number of piperidine rings is 1. The lowest BCUT2D eigenvalue weighted by Crippen LogP contribution is -2.35. The number of nitrogens with one attached hydrogen (secondary N) is 1. The van der Waals surface area contributed by atoms with Crippen molar-refractivity contribution in [3.63, 3.8) is 0 Å². The molecule has 3 rings (SSSR count). The van der Waals surface area contributed by atoms with Crippen molar-refractivity contribution < 1.29 is 4.79 Å². The van der Waals surface area contributed by atoms with Gasteiger partial charge in [-0.05, 0) is 62.4 Å². The van der Waals surface area contributed by atoms with Gasteiger partial charge in [0.25, 0.3) is 0 Å². The normalized spacial score (nSPS) is 24.0. The molecule has 1 spiro atoms. The third-order valence-corrected chi connectivity index (χ3v) is 5.20. The second-order valence-electron chi connectivity index (χ2n) is 6.27. The van der Waals surface area contributed by atoms with Crippen LogP contribution in [0.5, 0.6) is 0 Å². The van der Waals surface area contributed by atoms with Gasteiger partial charge in [-0.3, -0.25) is 9.78 Å². The number of rotatable bonds is 3. The Balaban J connectivity index is 0.00000161. The Morgan fingerprint density at radius 3 is 2.62 bits per heavy atom. The van der Waals surface area contributed by atoms with Crippen LogP contribution in [0.25, 0.3) is 0 Å². The van der Waals surface area contributed by atoms with Gasteiger partial charge in [0.2, 0.25) is 5.91 Å². The molecule has 2 heterocycles. The van der Waals surface area contributed by atoms with Crippen molar-refractivity contribution in [3.8, 4) is 0 Å². The summed E-state index contributed by atoms with van der Waals surface area (Å²) in [5, 5.41) is 3.39. The predicted molar refractivity (Wildman–Crippen MR) is 85.3 cm³/mol. The Morgan fingerprint density at radius 2 is 2.00 bits per heavy atom. The highest BCUT2D eigenvalue weighted by Crippen LogP contribution is 2.59. The fourth-order valence-corrected chi connectivity index (χ4v) is 3.48. The van der Waals surface area contributed by atoms with Crippen molar-refractivity contribution in [2.75, 3.05) is 20.1 Å². The Kier molecular flexibility index (Phi) is 4.89. The maximum atomic E-state index is 12.7. The molecule has 2 fully saturated rings. The van der Waals surface area contributed by atoms with E-state index < -0.39 is 0 Å².